The number of phenolic OH excluding ortho intramolecular Hbond substituents is 2. The van der Waals surface area contributed by atoms with E-state index in [1.54, 1.807) is 24.3 Å². The molecule has 13 nitrogen and oxygen atoms in total. The molecule has 2 heterocycles. The van der Waals surface area contributed by atoms with Crippen molar-refractivity contribution in [3.8, 4) is 23.0 Å². The van der Waals surface area contributed by atoms with Crippen LogP contribution < -0.4 is 15.5 Å². The van der Waals surface area contributed by atoms with Crippen LogP contribution in [-0.2, 0) is 10.3 Å². The van der Waals surface area contributed by atoms with Crippen LogP contribution in [0.3, 0.4) is 0 Å². The first-order valence-corrected chi connectivity index (χ1v) is 12.7. The highest BCUT2D eigenvalue weighted by molar-refractivity contribution is 7.80. The molecule has 0 amide bonds. The molecular formula is C27H23N3O10S. The molecule has 3 aromatic rings. The van der Waals surface area contributed by atoms with Crippen molar-refractivity contribution in [2.45, 2.75) is 36.1 Å². The zero-order valence-electron chi connectivity index (χ0n) is 20.8. The number of nitrogens with one attached hydrogen (secondary N) is 2. The monoisotopic (exact) mass is 581 g/mol. The van der Waals surface area contributed by atoms with Crippen molar-refractivity contribution in [2.24, 2.45) is 5.10 Å². The number of hydrogen-bond acceptors (Lipinski definition) is 12. The minimum atomic E-state index is -1.78. The molecule has 6 rings (SSSR count). The fourth-order valence-corrected chi connectivity index (χ4v) is 5.45. The number of benzene rings is 3. The summed E-state index contributed by atoms with van der Waals surface area (Å²) in [7, 11) is 0. The van der Waals surface area contributed by atoms with E-state index in [2.05, 4.69) is 15.8 Å². The van der Waals surface area contributed by atoms with Gasteiger partial charge in [0.25, 0.3) is 0 Å². The average molecular weight is 582 g/mol. The Bertz CT molecular complexity index is 1560. The minimum absolute atomic E-state index is 0.0651. The lowest BCUT2D eigenvalue weighted by molar-refractivity contribution is -0.130. The molecule has 0 saturated heterocycles. The van der Waals surface area contributed by atoms with Crippen molar-refractivity contribution in [3.05, 3.63) is 76.9 Å². The van der Waals surface area contributed by atoms with Crippen LogP contribution in [0, 0.1) is 0 Å². The summed E-state index contributed by atoms with van der Waals surface area (Å²) in [4.78, 5) is 13.2. The highest BCUT2D eigenvalue weighted by Gasteiger charge is 2.53. The van der Waals surface area contributed by atoms with Crippen molar-refractivity contribution in [2.75, 3.05) is 5.32 Å². The van der Waals surface area contributed by atoms with Gasteiger partial charge in [0.2, 0.25) is 0 Å². The Labute approximate surface area is 236 Å². The van der Waals surface area contributed by atoms with Crippen molar-refractivity contribution >= 4 is 34.7 Å². The minimum Gasteiger partial charge on any atom is -0.508 e. The highest BCUT2D eigenvalue weighted by atomic mass is 32.1. The van der Waals surface area contributed by atoms with Gasteiger partial charge in [0.15, 0.2) is 10.7 Å². The normalized spacial score (nSPS) is 26.4. The lowest BCUT2D eigenvalue weighted by Crippen LogP contribution is -2.62. The van der Waals surface area contributed by atoms with Crippen LogP contribution in [0.4, 0.5) is 5.69 Å². The number of fused-ring (bicyclic) bond motifs is 6. The number of carbonyl (C=O) groups excluding carboxylic acids is 1. The number of ether oxygens (including phenoxy) is 2. The Hall–Kier alpha value is -4.31. The van der Waals surface area contributed by atoms with Gasteiger partial charge in [0.1, 0.15) is 59.2 Å². The van der Waals surface area contributed by atoms with Crippen LogP contribution >= 0.6 is 12.2 Å². The van der Waals surface area contributed by atoms with Crippen LogP contribution in [0.2, 0.25) is 0 Å². The van der Waals surface area contributed by atoms with E-state index in [9.17, 15) is 40.5 Å². The summed E-state index contributed by atoms with van der Waals surface area (Å²) in [6.07, 6.45) is -8.86. The van der Waals surface area contributed by atoms with Crippen molar-refractivity contribution in [3.63, 3.8) is 0 Å². The molecule has 0 bridgehead atoms. The molecule has 3 aromatic carbocycles. The first-order chi connectivity index (χ1) is 19.5. The molecule has 1 saturated carbocycles. The highest BCUT2D eigenvalue weighted by Crippen LogP contribution is 2.57. The number of aliphatic hydroxyl groups excluding tert-OH is 5. The van der Waals surface area contributed by atoms with Gasteiger partial charge in [-0.05, 0) is 48.6 Å². The summed E-state index contributed by atoms with van der Waals surface area (Å²) in [5.74, 6) is -0.303. The third-order valence-corrected chi connectivity index (χ3v) is 7.46. The largest absolute Gasteiger partial charge is 0.508 e. The van der Waals surface area contributed by atoms with Gasteiger partial charge in [-0.25, -0.2) is 4.79 Å². The van der Waals surface area contributed by atoms with E-state index >= 15 is 0 Å². The van der Waals surface area contributed by atoms with Crippen molar-refractivity contribution in [1.29, 1.82) is 0 Å². The van der Waals surface area contributed by atoms with Gasteiger partial charge in [0, 0.05) is 34.5 Å². The Morgan fingerprint density at radius 3 is 1.95 bits per heavy atom. The molecule has 0 radical (unpaired) electrons. The number of esters is 1. The number of aliphatic hydroxyl groups is 5. The number of nitrogens with zero attached hydrogens (tertiary/aromatic N) is 1. The van der Waals surface area contributed by atoms with E-state index < -0.39 is 47.8 Å². The summed E-state index contributed by atoms with van der Waals surface area (Å²) in [5, 5.41) is 76.2. The zero-order chi connectivity index (χ0) is 29.2. The lowest BCUT2D eigenvalue weighted by Gasteiger charge is -2.36. The number of anilines is 1. The number of aromatic hydroxyl groups is 2. The molecule has 14 heteroatoms. The number of phenols is 2. The quantitative estimate of drug-likeness (QED) is 0.112. The van der Waals surface area contributed by atoms with E-state index in [-0.39, 0.29) is 33.7 Å². The van der Waals surface area contributed by atoms with Crippen LogP contribution in [-0.4, -0.2) is 83.1 Å². The number of hydrogen-bond donors (Lipinski definition) is 9. The SMILES string of the molecule is O=C1OC2(c3ccc(O)cc3Oc3cc(O)ccc32)c2ccc(NC(=S)NN=C3[C@@H](O)[C@@H](O)C(O)[C@H](O)[C@H]3O)cc21. The van der Waals surface area contributed by atoms with E-state index in [1.807, 2.05) is 0 Å². The first-order valence-electron chi connectivity index (χ1n) is 12.3. The first kappa shape index (κ1) is 26.9. The maximum Gasteiger partial charge on any atom is 0.340 e. The molecule has 9 N–H and O–H groups in total. The second-order valence-corrected chi connectivity index (χ2v) is 10.2. The van der Waals surface area contributed by atoms with Crippen LogP contribution in [0.5, 0.6) is 23.0 Å². The molecule has 1 unspecified atom stereocenters. The molecule has 1 spiro atoms. The molecule has 41 heavy (non-hydrogen) atoms. The second-order valence-electron chi connectivity index (χ2n) is 9.76. The van der Waals surface area contributed by atoms with Gasteiger partial charge < -0.3 is 50.5 Å². The fourth-order valence-electron chi connectivity index (χ4n) is 5.29. The van der Waals surface area contributed by atoms with Crippen molar-refractivity contribution < 1.29 is 50.0 Å². The van der Waals surface area contributed by atoms with Gasteiger partial charge in [-0.15, -0.1) is 0 Å². The Morgan fingerprint density at radius 2 is 1.37 bits per heavy atom. The smallest absolute Gasteiger partial charge is 0.340 e. The van der Waals surface area contributed by atoms with Gasteiger partial charge in [-0.2, -0.15) is 5.10 Å². The van der Waals surface area contributed by atoms with E-state index in [4.69, 9.17) is 21.7 Å². The maximum atomic E-state index is 13.2. The van der Waals surface area contributed by atoms with Crippen molar-refractivity contribution in [1.82, 2.24) is 5.43 Å². The van der Waals surface area contributed by atoms with Gasteiger partial charge >= 0.3 is 5.97 Å². The van der Waals surface area contributed by atoms with E-state index in [0.717, 1.165) is 0 Å². The molecule has 3 aliphatic rings. The molecule has 0 aromatic heterocycles. The predicted molar refractivity (Wildman–Crippen MR) is 145 cm³/mol. The zero-order valence-corrected chi connectivity index (χ0v) is 21.6. The molecule has 212 valence electrons. The fraction of sp³-hybridized carbons (Fsp3) is 0.222. The number of carbonyl (C=O) groups is 1. The Kier molecular flexibility index (Phi) is 6.33. The summed E-state index contributed by atoms with van der Waals surface area (Å²) in [5.41, 5.74) is 2.48. The topological polar surface area (TPSA) is 214 Å². The molecule has 2 aliphatic heterocycles. The summed E-state index contributed by atoms with van der Waals surface area (Å²) in [6, 6.07) is 13.6. The van der Waals surface area contributed by atoms with Crippen LogP contribution in [0.25, 0.3) is 0 Å². The van der Waals surface area contributed by atoms with E-state index in [0.29, 0.717) is 22.4 Å². The van der Waals surface area contributed by atoms with Gasteiger partial charge in [-0.3, -0.25) is 5.43 Å². The molecular weight excluding hydrogens is 558 g/mol. The average Bonchev–Trinajstić information content (AvgIpc) is 3.22. The standard InChI is InChI=1S/C27H23N3O10S/c31-11-2-5-15-17(8-11)39-18-9-12(32)3-6-16(18)27(15)14-4-1-10(7-13(14)25(38)40-27)28-26(41)30-29-19-20(33)22(35)24(37)23(36)21(19)34/h1-9,20-24,31-37H,(H2,28,30,41)/t20-,21+,22-,23-,24?/m1/s1. The predicted octanol–water partition coefficient (Wildman–Crippen LogP) is 0.126. The summed E-state index contributed by atoms with van der Waals surface area (Å²) in [6.45, 7) is 0. The Morgan fingerprint density at radius 1 is 0.805 bits per heavy atom. The number of thiocarbonyl (C=S) groups is 1. The Balaban J connectivity index is 1.31. The van der Waals surface area contributed by atoms with Crippen LogP contribution in [0.1, 0.15) is 27.0 Å². The molecule has 1 fully saturated rings. The lowest BCUT2D eigenvalue weighted by atomic mass is 9.77. The molecule has 1 aliphatic carbocycles. The summed E-state index contributed by atoms with van der Waals surface area (Å²) >= 11 is 5.22. The number of hydrazone groups is 1. The third-order valence-electron chi connectivity index (χ3n) is 7.27. The van der Waals surface area contributed by atoms with E-state index in [1.165, 1.54) is 30.3 Å². The third kappa shape index (κ3) is 4.16. The molecule has 5 atom stereocenters. The number of rotatable bonds is 2. The van der Waals surface area contributed by atoms with Gasteiger partial charge in [0.05, 0.1) is 5.56 Å². The second kappa shape index (κ2) is 9.66. The van der Waals surface area contributed by atoms with Gasteiger partial charge in [-0.1, -0.05) is 6.07 Å². The van der Waals surface area contributed by atoms with Crippen LogP contribution in [0.15, 0.2) is 59.7 Å². The summed E-state index contributed by atoms with van der Waals surface area (Å²) < 4.78 is 11.9. The maximum absolute atomic E-state index is 13.2.